The van der Waals surface area contributed by atoms with Crippen molar-refractivity contribution >= 4 is 0 Å². The van der Waals surface area contributed by atoms with Crippen molar-refractivity contribution in [2.24, 2.45) is 11.3 Å². The van der Waals surface area contributed by atoms with Crippen LogP contribution in [0.15, 0.2) is 0 Å². The summed E-state index contributed by atoms with van der Waals surface area (Å²) in [4.78, 5) is 0. The van der Waals surface area contributed by atoms with Gasteiger partial charge in [-0.15, -0.1) is 0 Å². The maximum Gasteiger partial charge on any atom is 0.000771 e. The van der Waals surface area contributed by atoms with Crippen LogP contribution in [0.2, 0.25) is 0 Å². The van der Waals surface area contributed by atoms with Crippen molar-refractivity contribution in [2.75, 3.05) is 13.1 Å². The highest BCUT2D eigenvalue weighted by Gasteiger charge is 2.24. The van der Waals surface area contributed by atoms with E-state index in [1.807, 2.05) is 0 Å². The number of hydrogen-bond acceptors (Lipinski definition) is 1. The van der Waals surface area contributed by atoms with Crippen LogP contribution in [0.5, 0.6) is 0 Å². The van der Waals surface area contributed by atoms with Gasteiger partial charge >= 0.3 is 0 Å². The van der Waals surface area contributed by atoms with Crippen molar-refractivity contribution < 1.29 is 0 Å². The van der Waals surface area contributed by atoms with Crippen LogP contribution in [0, 0.1) is 11.3 Å². The molecule has 0 saturated carbocycles. The van der Waals surface area contributed by atoms with E-state index >= 15 is 0 Å². The normalized spacial score (nSPS) is 12.4. The van der Waals surface area contributed by atoms with Gasteiger partial charge in [0.1, 0.15) is 0 Å². The monoisotopic (exact) mass is 213 g/mol. The maximum absolute atomic E-state index is 3.64. The van der Waals surface area contributed by atoms with Gasteiger partial charge in [-0.25, -0.2) is 0 Å². The van der Waals surface area contributed by atoms with Crippen LogP contribution >= 0.6 is 0 Å². The zero-order valence-electron chi connectivity index (χ0n) is 11.5. The molecule has 0 rings (SSSR count). The topological polar surface area (TPSA) is 12.0 Å². The third-order valence-corrected chi connectivity index (χ3v) is 3.61. The molecule has 0 aromatic carbocycles. The molecule has 0 bridgehead atoms. The van der Waals surface area contributed by atoms with E-state index in [-0.39, 0.29) is 0 Å². The molecule has 0 aliphatic carbocycles. The van der Waals surface area contributed by atoms with Crippen LogP contribution in [-0.4, -0.2) is 13.1 Å². The Morgan fingerprint density at radius 3 is 2.07 bits per heavy atom. The average molecular weight is 213 g/mol. The van der Waals surface area contributed by atoms with Crippen LogP contribution in [0.25, 0.3) is 0 Å². The summed E-state index contributed by atoms with van der Waals surface area (Å²) in [6.07, 6.45) is 6.72. The highest BCUT2D eigenvalue weighted by Crippen LogP contribution is 2.31. The van der Waals surface area contributed by atoms with Crippen LogP contribution in [-0.2, 0) is 0 Å². The molecule has 0 saturated heterocycles. The number of nitrogens with one attached hydrogen (secondary N) is 1. The molecule has 0 aromatic heterocycles. The SMILES string of the molecule is CCCCC(CC)(CC)CNCC(C)C. The minimum Gasteiger partial charge on any atom is -0.316 e. The van der Waals surface area contributed by atoms with E-state index in [1.54, 1.807) is 0 Å². The largest absolute Gasteiger partial charge is 0.316 e. The number of hydrogen-bond donors (Lipinski definition) is 1. The zero-order chi connectivity index (χ0) is 11.7. The standard InChI is InChI=1S/C14H31N/c1-6-9-10-14(7-2,8-3)12-15-11-13(4)5/h13,15H,6-12H2,1-5H3. The molecule has 1 N–H and O–H groups in total. The second-order valence-corrected chi connectivity index (χ2v) is 5.34. The fraction of sp³-hybridized carbons (Fsp3) is 1.00. The number of unbranched alkanes of at least 4 members (excludes halogenated alkanes) is 1. The second-order valence-electron chi connectivity index (χ2n) is 5.34. The summed E-state index contributed by atoms with van der Waals surface area (Å²) in [6.45, 7) is 13.9. The van der Waals surface area contributed by atoms with E-state index in [1.165, 1.54) is 38.6 Å². The first-order valence-electron chi connectivity index (χ1n) is 6.81. The lowest BCUT2D eigenvalue weighted by Crippen LogP contribution is -2.35. The molecule has 0 atom stereocenters. The summed E-state index contributed by atoms with van der Waals surface area (Å²) in [5.74, 6) is 0.766. The molecule has 0 unspecified atom stereocenters. The van der Waals surface area contributed by atoms with Crippen LogP contribution in [0.1, 0.15) is 66.7 Å². The average Bonchev–Trinajstić information content (AvgIpc) is 2.23. The minimum absolute atomic E-state index is 0.560. The predicted molar refractivity (Wildman–Crippen MR) is 70.2 cm³/mol. The quantitative estimate of drug-likeness (QED) is 0.604. The van der Waals surface area contributed by atoms with Gasteiger partial charge < -0.3 is 5.32 Å². The van der Waals surface area contributed by atoms with Crippen LogP contribution < -0.4 is 5.32 Å². The van der Waals surface area contributed by atoms with Crippen molar-refractivity contribution in [1.82, 2.24) is 5.32 Å². The Morgan fingerprint density at radius 1 is 1.07 bits per heavy atom. The Balaban J connectivity index is 3.99. The summed E-state index contributed by atoms with van der Waals surface area (Å²) >= 11 is 0. The summed E-state index contributed by atoms with van der Waals surface area (Å²) in [7, 11) is 0. The molecule has 0 spiro atoms. The molecule has 15 heavy (non-hydrogen) atoms. The Kier molecular flexibility index (Phi) is 8.13. The molecular weight excluding hydrogens is 182 g/mol. The van der Waals surface area contributed by atoms with Gasteiger partial charge in [0.25, 0.3) is 0 Å². The van der Waals surface area contributed by atoms with E-state index in [2.05, 4.69) is 39.9 Å². The Morgan fingerprint density at radius 2 is 1.67 bits per heavy atom. The first kappa shape index (κ1) is 15.0. The van der Waals surface area contributed by atoms with Gasteiger partial charge in [0.05, 0.1) is 0 Å². The lowest BCUT2D eigenvalue weighted by atomic mass is 9.78. The lowest BCUT2D eigenvalue weighted by Gasteiger charge is -2.32. The Hall–Kier alpha value is -0.0400. The third kappa shape index (κ3) is 6.19. The molecule has 0 aliphatic heterocycles. The minimum atomic E-state index is 0.560. The summed E-state index contributed by atoms with van der Waals surface area (Å²) in [5, 5.41) is 3.64. The van der Waals surface area contributed by atoms with Crippen molar-refractivity contribution in [3.8, 4) is 0 Å². The van der Waals surface area contributed by atoms with Gasteiger partial charge in [-0.1, -0.05) is 47.5 Å². The maximum atomic E-state index is 3.64. The third-order valence-electron chi connectivity index (χ3n) is 3.61. The van der Waals surface area contributed by atoms with Crippen molar-refractivity contribution in [2.45, 2.75) is 66.7 Å². The fourth-order valence-electron chi connectivity index (χ4n) is 2.12. The van der Waals surface area contributed by atoms with E-state index < -0.39 is 0 Å². The zero-order valence-corrected chi connectivity index (χ0v) is 11.5. The highest BCUT2D eigenvalue weighted by molar-refractivity contribution is 4.79. The van der Waals surface area contributed by atoms with E-state index in [0.29, 0.717) is 5.41 Å². The summed E-state index contributed by atoms with van der Waals surface area (Å²) < 4.78 is 0. The molecule has 0 amide bonds. The summed E-state index contributed by atoms with van der Waals surface area (Å²) in [6, 6.07) is 0. The van der Waals surface area contributed by atoms with E-state index in [4.69, 9.17) is 0 Å². The van der Waals surface area contributed by atoms with E-state index in [0.717, 1.165) is 12.5 Å². The van der Waals surface area contributed by atoms with Crippen molar-refractivity contribution in [3.63, 3.8) is 0 Å². The molecule has 1 nitrogen and oxygen atoms in total. The van der Waals surface area contributed by atoms with Gasteiger partial charge in [0.15, 0.2) is 0 Å². The lowest BCUT2D eigenvalue weighted by molar-refractivity contribution is 0.219. The highest BCUT2D eigenvalue weighted by atomic mass is 14.9. The Bertz CT molecular complexity index is 136. The predicted octanol–water partition coefficient (Wildman–Crippen LogP) is 4.23. The van der Waals surface area contributed by atoms with Gasteiger partial charge in [0.2, 0.25) is 0 Å². The van der Waals surface area contributed by atoms with Gasteiger partial charge in [-0.3, -0.25) is 0 Å². The molecule has 0 heterocycles. The Labute approximate surface area is 97.0 Å². The fourth-order valence-corrected chi connectivity index (χ4v) is 2.12. The van der Waals surface area contributed by atoms with Crippen molar-refractivity contribution in [3.05, 3.63) is 0 Å². The van der Waals surface area contributed by atoms with Gasteiger partial charge in [-0.2, -0.15) is 0 Å². The molecule has 1 heteroatoms. The van der Waals surface area contributed by atoms with Gasteiger partial charge in [-0.05, 0) is 37.1 Å². The van der Waals surface area contributed by atoms with Crippen molar-refractivity contribution in [1.29, 1.82) is 0 Å². The van der Waals surface area contributed by atoms with Crippen LogP contribution in [0.4, 0.5) is 0 Å². The summed E-state index contributed by atoms with van der Waals surface area (Å²) in [5.41, 5.74) is 0.560. The molecule has 92 valence electrons. The molecular formula is C14H31N. The van der Waals surface area contributed by atoms with E-state index in [9.17, 15) is 0 Å². The first-order valence-corrected chi connectivity index (χ1v) is 6.81. The molecule has 0 aliphatic rings. The smallest absolute Gasteiger partial charge is 0.000771 e. The molecule has 0 fully saturated rings. The molecule has 0 radical (unpaired) electrons. The second kappa shape index (κ2) is 8.15. The molecule has 0 aromatic rings. The van der Waals surface area contributed by atoms with Gasteiger partial charge in [0, 0.05) is 6.54 Å². The first-order chi connectivity index (χ1) is 7.10. The van der Waals surface area contributed by atoms with Crippen LogP contribution in [0.3, 0.4) is 0 Å². The number of rotatable bonds is 9.